The Hall–Kier alpha value is -3.53. The third-order valence-electron chi connectivity index (χ3n) is 6.53. The van der Waals surface area contributed by atoms with Gasteiger partial charge < -0.3 is 20.7 Å². The van der Waals surface area contributed by atoms with E-state index in [-0.39, 0.29) is 41.7 Å². The van der Waals surface area contributed by atoms with Gasteiger partial charge in [0.1, 0.15) is 12.4 Å². The summed E-state index contributed by atoms with van der Waals surface area (Å²) in [7, 11) is 0. The zero-order valence-electron chi connectivity index (χ0n) is 22.9. The first-order valence-corrected chi connectivity index (χ1v) is 13.1. The zero-order valence-corrected chi connectivity index (χ0v) is 22.9. The number of halogens is 3. The minimum Gasteiger partial charge on any atom is -0.492 e. The number of hydrogen-bond acceptors (Lipinski definition) is 5. The number of aryl methyl sites for hydroxylation is 1. The van der Waals surface area contributed by atoms with Gasteiger partial charge in [0.2, 0.25) is 0 Å². The number of anilines is 2. The number of carbonyl (C=O) groups excluding carboxylic acids is 1. The van der Waals surface area contributed by atoms with E-state index in [0.717, 1.165) is 35.2 Å². The van der Waals surface area contributed by atoms with E-state index < -0.39 is 11.7 Å². The van der Waals surface area contributed by atoms with Crippen molar-refractivity contribution in [3.05, 3.63) is 59.8 Å². The molecule has 1 fully saturated rings. The van der Waals surface area contributed by atoms with Gasteiger partial charge in [0.15, 0.2) is 0 Å². The van der Waals surface area contributed by atoms with Crippen molar-refractivity contribution in [2.75, 3.05) is 25.0 Å². The molecule has 0 spiro atoms. The number of ether oxygens (including phenoxy) is 1. The number of nitrogens with one attached hydrogen (secondary N) is 3. The molecule has 0 bridgehead atoms. The molecule has 2 aromatic carbocycles. The van der Waals surface area contributed by atoms with Crippen LogP contribution in [-0.2, 0) is 6.18 Å². The van der Waals surface area contributed by atoms with Crippen LogP contribution in [0.2, 0.25) is 0 Å². The van der Waals surface area contributed by atoms with Gasteiger partial charge in [0, 0.05) is 59.2 Å². The molecule has 0 aliphatic carbocycles. The average Bonchev–Trinajstić information content (AvgIpc) is 3.15. The molecular formula is C29H36F3N5O2. The van der Waals surface area contributed by atoms with Crippen LogP contribution in [0, 0.1) is 6.92 Å². The third-order valence-corrected chi connectivity index (χ3v) is 6.53. The molecule has 2 atom stereocenters. The smallest absolute Gasteiger partial charge is 0.416 e. The maximum Gasteiger partial charge on any atom is 0.416 e. The quantitative estimate of drug-likeness (QED) is 0.329. The van der Waals surface area contributed by atoms with Crippen LogP contribution in [-0.4, -0.2) is 53.2 Å². The Morgan fingerprint density at radius 2 is 1.87 bits per heavy atom. The number of fused-ring (bicyclic) bond motifs is 1. The molecule has 2 heterocycles. The Bertz CT molecular complexity index is 1320. The lowest BCUT2D eigenvalue weighted by molar-refractivity contribution is -0.137. The summed E-state index contributed by atoms with van der Waals surface area (Å²) in [6, 6.07) is 13.0. The van der Waals surface area contributed by atoms with Crippen molar-refractivity contribution in [1.82, 2.24) is 20.5 Å². The van der Waals surface area contributed by atoms with Crippen molar-refractivity contribution in [2.24, 2.45) is 0 Å². The van der Waals surface area contributed by atoms with Gasteiger partial charge in [-0.2, -0.15) is 13.2 Å². The number of benzene rings is 2. The number of nitrogens with zero attached hydrogens (tertiary/aromatic N) is 2. The first-order valence-electron chi connectivity index (χ1n) is 13.1. The topological polar surface area (TPSA) is 78.5 Å². The molecule has 4 rings (SSSR count). The molecule has 210 valence electrons. The Morgan fingerprint density at radius 1 is 1.13 bits per heavy atom. The number of urea groups is 1. The highest BCUT2D eigenvalue weighted by atomic mass is 19.4. The molecule has 39 heavy (non-hydrogen) atoms. The maximum absolute atomic E-state index is 13.7. The van der Waals surface area contributed by atoms with Crippen LogP contribution in [0.15, 0.2) is 48.5 Å². The zero-order chi connectivity index (χ0) is 28.4. The number of pyridine rings is 1. The van der Waals surface area contributed by atoms with E-state index in [4.69, 9.17) is 4.74 Å². The van der Waals surface area contributed by atoms with E-state index in [1.807, 2.05) is 58.0 Å². The normalized spacial score (nSPS) is 18.3. The molecule has 3 N–H and O–H groups in total. The first-order chi connectivity index (χ1) is 18.3. The van der Waals surface area contributed by atoms with E-state index in [9.17, 15) is 18.0 Å². The van der Waals surface area contributed by atoms with Crippen LogP contribution in [0.4, 0.5) is 29.3 Å². The number of para-hydroxylation sites is 1. The van der Waals surface area contributed by atoms with Gasteiger partial charge in [0.25, 0.3) is 0 Å². The highest BCUT2D eigenvalue weighted by Crippen LogP contribution is 2.36. The second-order valence-electron chi connectivity index (χ2n) is 11.2. The summed E-state index contributed by atoms with van der Waals surface area (Å²) in [5, 5.41) is 9.86. The van der Waals surface area contributed by atoms with E-state index in [1.165, 1.54) is 0 Å². The number of aromatic nitrogens is 1. The highest BCUT2D eigenvalue weighted by Gasteiger charge is 2.32. The summed E-state index contributed by atoms with van der Waals surface area (Å²) in [5.41, 5.74) is 1.34. The van der Waals surface area contributed by atoms with Crippen LogP contribution >= 0.6 is 0 Å². The molecule has 1 aliphatic rings. The van der Waals surface area contributed by atoms with Crippen molar-refractivity contribution in [3.8, 4) is 5.75 Å². The average molecular weight is 544 g/mol. The molecule has 1 aliphatic heterocycles. The fraction of sp³-hybridized carbons (Fsp3) is 0.448. The predicted octanol–water partition coefficient (Wildman–Crippen LogP) is 6.24. The number of alkyl halides is 3. The Kier molecular flexibility index (Phi) is 8.25. The van der Waals surface area contributed by atoms with Crippen molar-refractivity contribution in [1.29, 1.82) is 0 Å². The van der Waals surface area contributed by atoms with Gasteiger partial charge in [-0.15, -0.1) is 0 Å². The molecule has 3 aromatic rings. The Morgan fingerprint density at radius 3 is 2.59 bits per heavy atom. The maximum atomic E-state index is 13.7. The highest BCUT2D eigenvalue weighted by molar-refractivity contribution is 5.93. The van der Waals surface area contributed by atoms with Crippen LogP contribution in [0.25, 0.3) is 10.9 Å². The monoisotopic (exact) mass is 543 g/mol. The predicted molar refractivity (Wildman–Crippen MR) is 148 cm³/mol. The summed E-state index contributed by atoms with van der Waals surface area (Å²) in [6.45, 7) is 11.0. The molecule has 2 unspecified atom stereocenters. The third kappa shape index (κ3) is 7.75. The minimum atomic E-state index is -4.53. The number of rotatable bonds is 7. The molecule has 7 nitrogen and oxygen atoms in total. The van der Waals surface area contributed by atoms with Gasteiger partial charge in [-0.25, -0.2) is 4.79 Å². The minimum absolute atomic E-state index is 0.00893. The molecular weight excluding hydrogens is 507 g/mol. The summed E-state index contributed by atoms with van der Waals surface area (Å²) in [6.07, 6.45) is -3.74. The largest absolute Gasteiger partial charge is 0.492 e. The van der Waals surface area contributed by atoms with E-state index >= 15 is 0 Å². The fourth-order valence-corrected chi connectivity index (χ4v) is 4.84. The summed E-state index contributed by atoms with van der Waals surface area (Å²) in [4.78, 5) is 18.9. The Balaban J connectivity index is 1.43. The number of hydrogen-bond donors (Lipinski definition) is 3. The molecule has 1 saturated heterocycles. The molecule has 10 heteroatoms. The lowest BCUT2D eigenvalue weighted by Gasteiger charge is -2.23. The van der Waals surface area contributed by atoms with Gasteiger partial charge >= 0.3 is 12.2 Å². The van der Waals surface area contributed by atoms with E-state index in [0.29, 0.717) is 18.8 Å². The number of amides is 2. The number of likely N-dealkylation sites (tertiary alicyclic amines) is 1. The molecule has 1 aromatic heterocycles. The van der Waals surface area contributed by atoms with Crippen molar-refractivity contribution >= 4 is 28.3 Å². The summed E-state index contributed by atoms with van der Waals surface area (Å²) in [5.74, 6) is 0.133. The molecule has 2 amide bonds. The van der Waals surface area contributed by atoms with Gasteiger partial charge in [0.05, 0.1) is 11.1 Å². The summed E-state index contributed by atoms with van der Waals surface area (Å²) < 4.78 is 47.0. The second-order valence-corrected chi connectivity index (χ2v) is 11.2. The Labute approximate surface area is 227 Å². The second kappa shape index (κ2) is 11.3. The van der Waals surface area contributed by atoms with Crippen molar-refractivity contribution in [2.45, 2.75) is 64.8 Å². The SMILES string of the molecule is Cc1cc(Nc2cc(OCCN3CC(NC(=O)NC(C)(C)C)CC3C)cc(C(F)(F)F)c2)c2ccccc2n1. The first kappa shape index (κ1) is 28.5. The van der Waals surface area contributed by atoms with Gasteiger partial charge in [-0.1, -0.05) is 18.2 Å². The number of carbonyl (C=O) groups is 1. The molecule has 0 radical (unpaired) electrons. The van der Waals surface area contributed by atoms with Crippen LogP contribution < -0.4 is 20.7 Å². The van der Waals surface area contributed by atoms with Crippen molar-refractivity contribution < 1.29 is 22.7 Å². The van der Waals surface area contributed by atoms with Crippen LogP contribution in [0.1, 0.15) is 45.4 Å². The lowest BCUT2D eigenvalue weighted by atomic mass is 10.1. The summed E-state index contributed by atoms with van der Waals surface area (Å²) >= 11 is 0. The fourth-order valence-electron chi connectivity index (χ4n) is 4.84. The van der Waals surface area contributed by atoms with Crippen LogP contribution in [0.3, 0.4) is 0 Å². The van der Waals surface area contributed by atoms with Gasteiger partial charge in [-0.3, -0.25) is 9.88 Å². The molecule has 0 saturated carbocycles. The van der Waals surface area contributed by atoms with Crippen molar-refractivity contribution in [3.63, 3.8) is 0 Å². The van der Waals surface area contributed by atoms with E-state index in [2.05, 4.69) is 32.8 Å². The lowest BCUT2D eigenvalue weighted by Crippen LogP contribution is -2.50. The van der Waals surface area contributed by atoms with E-state index in [1.54, 1.807) is 6.07 Å². The van der Waals surface area contributed by atoms with Crippen LogP contribution in [0.5, 0.6) is 5.75 Å². The standard InChI is InChI=1S/C29H36F3N5O2/c1-18-12-26(24-8-6-7-9-25(24)33-18)34-21-14-20(29(30,31)32)15-23(16-21)39-11-10-37-17-22(13-19(37)2)35-27(38)36-28(3,4)5/h6-9,12,14-16,19,22H,10-11,13,17H2,1-5H3,(H,33,34)(H2,35,36,38). The van der Waals surface area contributed by atoms with Gasteiger partial charge in [-0.05, 0) is 65.3 Å².